The first-order valence-electron chi connectivity index (χ1n) is 4.71. The van der Waals surface area contributed by atoms with Gasteiger partial charge in [0.05, 0.1) is 5.92 Å². The molecule has 0 bridgehead atoms. The Morgan fingerprint density at radius 3 is 2.36 bits per heavy atom. The summed E-state index contributed by atoms with van der Waals surface area (Å²) in [7, 11) is 0. The smallest absolute Gasteiger partial charge is 0.308 e. The molecule has 1 rings (SSSR count). The Bertz CT molecular complexity index is 295. The fourth-order valence-corrected chi connectivity index (χ4v) is 1.01. The van der Waals surface area contributed by atoms with Gasteiger partial charge in [0, 0.05) is 12.4 Å². The summed E-state index contributed by atoms with van der Waals surface area (Å²) in [6, 6.07) is 3.69. The Labute approximate surface area is 84.1 Å². The topological polar surface area (TPSA) is 39.2 Å². The highest BCUT2D eigenvalue weighted by Gasteiger charge is 2.13. The Balaban J connectivity index is 2.59. The van der Waals surface area contributed by atoms with Crippen LogP contribution in [0.25, 0.3) is 0 Å². The molecule has 0 aliphatic carbocycles. The molecule has 3 nitrogen and oxygen atoms in total. The maximum Gasteiger partial charge on any atom is 0.308 e. The van der Waals surface area contributed by atoms with Crippen molar-refractivity contribution in [3.63, 3.8) is 0 Å². The van der Waals surface area contributed by atoms with Gasteiger partial charge in [0.25, 0.3) is 0 Å². The predicted octanol–water partition coefficient (Wildman–Crippen LogP) is 2.34. The van der Waals surface area contributed by atoms with Crippen LogP contribution in [0, 0.1) is 5.92 Å². The third-order valence-corrected chi connectivity index (χ3v) is 1.94. The second-order valence-corrected chi connectivity index (χ2v) is 3.51. The van der Waals surface area contributed by atoms with Crippen molar-refractivity contribution in [3.05, 3.63) is 30.1 Å². The van der Waals surface area contributed by atoms with Gasteiger partial charge in [0.15, 0.2) is 0 Å². The summed E-state index contributed by atoms with van der Waals surface area (Å²) in [6.45, 7) is 5.50. The molecular formula is C11H15NO2. The summed E-state index contributed by atoms with van der Waals surface area (Å²) in [5, 5.41) is 0. The molecule has 1 aromatic heterocycles. The van der Waals surface area contributed by atoms with Crippen molar-refractivity contribution in [2.75, 3.05) is 0 Å². The summed E-state index contributed by atoms with van der Waals surface area (Å²) in [5.74, 6) is -0.256. The lowest BCUT2D eigenvalue weighted by atomic mass is 10.1. The third-order valence-electron chi connectivity index (χ3n) is 1.94. The Morgan fingerprint density at radius 2 is 1.86 bits per heavy atom. The number of hydrogen-bond acceptors (Lipinski definition) is 3. The molecule has 0 aromatic carbocycles. The van der Waals surface area contributed by atoms with Crippen LogP contribution in [0.1, 0.15) is 32.4 Å². The molecule has 1 atom stereocenters. The van der Waals surface area contributed by atoms with E-state index in [0.717, 1.165) is 5.56 Å². The minimum atomic E-state index is -0.201. The van der Waals surface area contributed by atoms with Crippen LogP contribution in [0.3, 0.4) is 0 Å². The molecular weight excluding hydrogens is 178 g/mol. The number of esters is 1. The van der Waals surface area contributed by atoms with Gasteiger partial charge in [0.2, 0.25) is 0 Å². The van der Waals surface area contributed by atoms with Gasteiger partial charge in [-0.15, -0.1) is 0 Å². The lowest BCUT2D eigenvalue weighted by molar-refractivity contribution is -0.152. The molecule has 0 fully saturated rings. The lowest BCUT2D eigenvalue weighted by Crippen LogP contribution is -2.14. The van der Waals surface area contributed by atoms with Crippen LogP contribution in [-0.4, -0.2) is 11.0 Å². The van der Waals surface area contributed by atoms with E-state index in [1.807, 2.05) is 32.9 Å². The molecule has 0 aliphatic rings. The van der Waals surface area contributed by atoms with E-state index in [2.05, 4.69) is 4.98 Å². The monoisotopic (exact) mass is 193 g/mol. The van der Waals surface area contributed by atoms with Crippen molar-refractivity contribution in [2.45, 2.75) is 26.9 Å². The number of nitrogens with zero attached hydrogens (tertiary/aromatic N) is 1. The summed E-state index contributed by atoms with van der Waals surface area (Å²) in [4.78, 5) is 15.2. The molecule has 14 heavy (non-hydrogen) atoms. The van der Waals surface area contributed by atoms with Gasteiger partial charge in [-0.1, -0.05) is 13.8 Å². The summed E-state index contributed by atoms with van der Waals surface area (Å²) in [6.07, 6.45) is 3.18. The van der Waals surface area contributed by atoms with Crippen LogP contribution in [0.5, 0.6) is 0 Å². The molecule has 76 valence electrons. The van der Waals surface area contributed by atoms with Gasteiger partial charge in [-0.3, -0.25) is 9.78 Å². The Morgan fingerprint density at radius 1 is 1.29 bits per heavy atom. The van der Waals surface area contributed by atoms with Crippen molar-refractivity contribution in [3.8, 4) is 0 Å². The fraction of sp³-hybridized carbons (Fsp3) is 0.455. The zero-order valence-electron chi connectivity index (χ0n) is 8.73. The molecule has 1 heterocycles. The van der Waals surface area contributed by atoms with Gasteiger partial charge in [-0.25, -0.2) is 0 Å². The minimum absolute atomic E-state index is 0.0840. The number of carbonyl (C=O) groups is 1. The van der Waals surface area contributed by atoms with Crippen LogP contribution in [0.2, 0.25) is 0 Å². The molecule has 0 aliphatic heterocycles. The quantitative estimate of drug-likeness (QED) is 0.692. The van der Waals surface area contributed by atoms with Crippen LogP contribution < -0.4 is 0 Å². The first kappa shape index (κ1) is 10.7. The number of aromatic nitrogens is 1. The lowest BCUT2D eigenvalue weighted by Gasteiger charge is -2.14. The molecule has 0 unspecified atom stereocenters. The largest absolute Gasteiger partial charge is 0.458 e. The number of hydrogen-bond donors (Lipinski definition) is 0. The fourth-order valence-electron chi connectivity index (χ4n) is 1.01. The molecule has 0 amide bonds. The standard InChI is InChI=1S/C11H15NO2/c1-8(2)11(13)14-9(3)10-4-6-12-7-5-10/h4-9H,1-3H3/t9-/m0/s1. The molecule has 1 aromatic rings. The van der Waals surface area contributed by atoms with Crippen molar-refractivity contribution < 1.29 is 9.53 Å². The molecule has 0 radical (unpaired) electrons. The maximum absolute atomic E-state index is 11.3. The van der Waals surface area contributed by atoms with Gasteiger partial charge in [-0.05, 0) is 24.6 Å². The number of carbonyl (C=O) groups excluding carboxylic acids is 1. The van der Waals surface area contributed by atoms with E-state index < -0.39 is 0 Å². The third kappa shape index (κ3) is 2.83. The second-order valence-electron chi connectivity index (χ2n) is 3.51. The molecule has 0 N–H and O–H groups in total. The van der Waals surface area contributed by atoms with Crippen LogP contribution >= 0.6 is 0 Å². The SMILES string of the molecule is CC(C)C(=O)O[C@@H](C)c1ccncc1. The van der Waals surface area contributed by atoms with Crippen molar-refractivity contribution in [2.24, 2.45) is 5.92 Å². The summed E-state index contributed by atoms with van der Waals surface area (Å²) in [5.41, 5.74) is 0.967. The van der Waals surface area contributed by atoms with Gasteiger partial charge in [-0.2, -0.15) is 0 Å². The maximum atomic E-state index is 11.3. The average Bonchev–Trinajstić information content (AvgIpc) is 2.19. The van der Waals surface area contributed by atoms with Gasteiger partial charge < -0.3 is 4.74 Å². The highest BCUT2D eigenvalue weighted by Crippen LogP contribution is 2.16. The van der Waals surface area contributed by atoms with E-state index >= 15 is 0 Å². The first-order valence-corrected chi connectivity index (χ1v) is 4.71. The minimum Gasteiger partial charge on any atom is -0.458 e. The molecule has 0 saturated heterocycles. The van der Waals surface area contributed by atoms with E-state index in [1.54, 1.807) is 12.4 Å². The average molecular weight is 193 g/mol. The molecule has 0 spiro atoms. The number of rotatable bonds is 3. The Hall–Kier alpha value is -1.38. The van der Waals surface area contributed by atoms with Crippen molar-refractivity contribution in [1.29, 1.82) is 0 Å². The predicted molar refractivity (Wildman–Crippen MR) is 53.6 cm³/mol. The normalized spacial score (nSPS) is 12.6. The first-order chi connectivity index (χ1) is 6.61. The van der Waals surface area contributed by atoms with Gasteiger partial charge in [0.1, 0.15) is 6.10 Å². The number of pyridine rings is 1. The van der Waals surface area contributed by atoms with Crippen molar-refractivity contribution in [1.82, 2.24) is 4.98 Å². The van der Waals surface area contributed by atoms with E-state index in [0.29, 0.717) is 0 Å². The van der Waals surface area contributed by atoms with Crippen LogP contribution in [-0.2, 0) is 9.53 Å². The van der Waals surface area contributed by atoms with Gasteiger partial charge >= 0.3 is 5.97 Å². The van der Waals surface area contributed by atoms with E-state index in [4.69, 9.17) is 4.74 Å². The van der Waals surface area contributed by atoms with Crippen LogP contribution in [0.15, 0.2) is 24.5 Å². The highest BCUT2D eigenvalue weighted by atomic mass is 16.5. The van der Waals surface area contributed by atoms with Crippen molar-refractivity contribution >= 4 is 5.97 Å². The van der Waals surface area contributed by atoms with E-state index in [9.17, 15) is 4.79 Å². The summed E-state index contributed by atoms with van der Waals surface area (Å²) < 4.78 is 5.23. The highest BCUT2D eigenvalue weighted by molar-refractivity contribution is 5.71. The second kappa shape index (κ2) is 4.74. The Kier molecular flexibility index (Phi) is 3.63. The molecule has 0 saturated carbocycles. The zero-order chi connectivity index (χ0) is 10.6. The molecule has 3 heteroatoms. The summed E-state index contributed by atoms with van der Waals surface area (Å²) >= 11 is 0. The number of ether oxygens (including phenoxy) is 1. The van der Waals surface area contributed by atoms with E-state index in [1.165, 1.54) is 0 Å². The van der Waals surface area contributed by atoms with Crippen LogP contribution in [0.4, 0.5) is 0 Å². The zero-order valence-corrected chi connectivity index (χ0v) is 8.73. The van der Waals surface area contributed by atoms with E-state index in [-0.39, 0.29) is 18.0 Å².